The average Bonchev–Trinajstić information content (AvgIpc) is 2.76. The Hall–Kier alpha value is -3.75. The van der Waals surface area contributed by atoms with Gasteiger partial charge in [0.05, 0.1) is 13.7 Å². The topological polar surface area (TPSA) is 115 Å². The maximum absolute atomic E-state index is 12.4. The van der Waals surface area contributed by atoms with Crippen molar-refractivity contribution in [2.45, 2.75) is 46.1 Å². The molecule has 3 amide bonds. The number of unbranched alkanes of at least 4 members (excludes halogenated alkanes) is 1. The molecular formula is C24H31N3O6. The molecule has 2 aromatic carbocycles. The minimum absolute atomic E-state index is 0.294. The van der Waals surface area contributed by atoms with Crippen molar-refractivity contribution in [2.75, 3.05) is 19.0 Å². The van der Waals surface area contributed by atoms with E-state index in [2.05, 4.69) is 23.1 Å². The van der Waals surface area contributed by atoms with E-state index in [-0.39, 0.29) is 0 Å². The largest absolute Gasteiger partial charge is 0.493 e. The zero-order valence-electron chi connectivity index (χ0n) is 19.6. The Labute approximate surface area is 193 Å². The first kappa shape index (κ1) is 25.5. The molecule has 2 aromatic rings. The summed E-state index contributed by atoms with van der Waals surface area (Å²) in [6.45, 7) is 7.92. The highest BCUT2D eigenvalue weighted by Gasteiger charge is 2.17. The highest BCUT2D eigenvalue weighted by molar-refractivity contribution is 5.99. The summed E-state index contributed by atoms with van der Waals surface area (Å²) in [5, 5.41) is 2.58. The Morgan fingerprint density at radius 3 is 2.06 bits per heavy atom. The summed E-state index contributed by atoms with van der Waals surface area (Å²) in [6.07, 6.45) is 1.32. The maximum Gasteiger partial charge on any atom is 0.412 e. The predicted molar refractivity (Wildman–Crippen MR) is 125 cm³/mol. The van der Waals surface area contributed by atoms with Crippen LogP contribution < -0.4 is 25.6 Å². The third kappa shape index (κ3) is 8.36. The standard InChI is InChI=1S/C24H31N3O6/c1-6-7-14-32-19-13-10-17(15-20(19)31-5)22(29)27-26-21(28)16-8-11-18(12-9-16)25-23(30)33-24(2,3)4/h8-13,15H,6-7,14H2,1-5H3,(H,25,30)(H,26,28)(H,27,29). The number of rotatable bonds is 8. The molecule has 0 aliphatic rings. The second kappa shape index (κ2) is 11.8. The highest BCUT2D eigenvalue weighted by Crippen LogP contribution is 2.28. The molecule has 0 heterocycles. The molecule has 0 saturated carbocycles. The average molecular weight is 458 g/mol. The quantitative estimate of drug-likeness (QED) is 0.402. The van der Waals surface area contributed by atoms with E-state index in [1.807, 2.05) is 0 Å². The fourth-order valence-corrected chi connectivity index (χ4v) is 2.64. The van der Waals surface area contributed by atoms with E-state index in [0.717, 1.165) is 12.8 Å². The van der Waals surface area contributed by atoms with Gasteiger partial charge >= 0.3 is 6.09 Å². The van der Waals surface area contributed by atoms with Crippen LogP contribution in [0, 0.1) is 0 Å². The van der Waals surface area contributed by atoms with Gasteiger partial charge in [0.15, 0.2) is 11.5 Å². The number of carbonyl (C=O) groups excluding carboxylic acids is 3. The van der Waals surface area contributed by atoms with Crippen LogP contribution in [0.25, 0.3) is 0 Å². The first-order chi connectivity index (χ1) is 15.6. The smallest absolute Gasteiger partial charge is 0.412 e. The van der Waals surface area contributed by atoms with Crippen molar-refractivity contribution in [3.8, 4) is 11.5 Å². The second-order valence-electron chi connectivity index (χ2n) is 8.18. The van der Waals surface area contributed by atoms with Crippen LogP contribution in [0.1, 0.15) is 61.3 Å². The van der Waals surface area contributed by atoms with Gasteiger partial charge in [0.25, 0.3) is 11.8 Å². The third-order valence-electron chi connectivity index (χ3n) is 4.26. The van der Waals surface area contributed by atoms with Gasteiger partial charge < -0.3 is 14.2 Å². The lowest BCUT2D eigenvalue weighted by atomic mass is 10.2. The van der Waals surface area contributed by atoms with Crippen LogP contribution in [0.4, 0.5) is 10.5 Å². The SMILES string of the molecule is CCCCOc1ccc(C(=O)NNC(=O)c2ccc(NC(=O)OC(C)(C)C)cc2)cc1OC. The molecule has 0 aliphatic carbocycles. The van der Waals surface area contributed by atoms with Gasteiger partial charge in [-0.25, -0.2) is 4.79 Å². The number of ether oxygens (including phenoxy) is 3. The van der Waals surface area contributed by atoms with Crippen LogP contribution in [0.15, 0.2) is 42.5 Å². The van der Waals surface area contributed by atoms with E-state index in [1.54, 1.807) is 51.1 Å². The lowest BCUT2D eigenvalue weighted by Crippen LogP contribution is -2.41. The molecule has 33 heavy (non-hydrogen) atoms. The molecule has 0 fully saturated rings. The van der Waals surface area contributed by atoms with Crippen molar-refractivity contribution >= 4 is 23.6 Å². The molecule has 0 saturated heterocycles. The first-order valence-corrected chi connectivity index (χ1v) is 10.6. The predicted octanol–water partition coefficient (Wildman–Crippen LogP) is 4.30. The zero-order valence-corrected chi connectivity index (χ0v) is 19.6. The molecule has 0 aliphatic heterocycles. The van der Waals surface area contributed by atoms with Gasteiger partial charge in [-0.2, -0.15) is 0 Å². The summed E-state index contributed by atoms with van der Waals surface area (Å²) in [5.41, 5.74) is 5.17. The van der Waals surface area contributed by atoms with Crippen molar-refractivity contribution in [3.63, 3.8) is 0 Å². The Morgan fingerprint density at radius 1 is 0.879 bits per heavy atom. The Morgan fingerprint density at radius 2 is 1.48 bits per heavy atom. The summed E-state index contributed by atoms with van der Waals surface area (Å²) in [5.74, 6) is -0.0478. The van der Waals surface area contributed by atoms with Crippen LogP contribution in [0.3, 0.4) is 0 Å². The summed E-state index contributed by atoms with van der Waals surface area (Å²) >= 11 is 0. The Bertz CT molecular complexity index is 967. The van der Waals surface area contributed by atoms with E-state index in [4.69, 9.17) is 14.2 Å². The van der Waals surface area contributed by atoms with Gasteiger partial charge in [-0.05, 0) is 69.7 Å². The Balaban J connectivity index is 1.92. The van der Waals surface area contributed by atoms with Gasteiger partial charge in [0.2, 0.25) is 0 Å². The van der Waals surface area contributed by atoms with E-state index >= 15 is 0 Å². The molecule has 3 N–H and O–H groups in total. The summed E-state index contributed by atoms with van der Waals surface area (Å²) in [7, 11) is 1.49. The van der Waals surface area contributed by atoms with E-state index in [0.29, 0.717) is 34.9 Å². The fraction of sp³-hybridized carbons (Fsp3) is 0.375. The van der Waals surface area contributed by atoms with Crippen LogP contribution in [0.5, 0.6) is 11.5 Å². The van der Waals surface area contributed by atoms with Gasteiger partial charge in [0.1, 0.15) is 5.60 Å². The van der Waals surface area contributed by atoms with Crippen molar-refractivity contribution in [1.82, 2.24) is 10.9 Å². The summed E-state index contributed by atoms with van der Waals surface area (Å²) in [6, 6.07) is 10.9. The van der Waals surface area contributed by atoms with E-state index in [1.165, 1.54) is 19.2 Å². The van der Waals surface area contributed by atoms with Crippen molar-refractivity contribution in [1.29, 1.82) is 0 Å². The van der Waals surface area contributed by atoms with E-state index < -0.39 is 23.5 Å². The fourth-order valence-electron chi connectivity index (χ4n) is 2.64. The number of hydrogen-bond donors (Lipinski definition) is 3. The maximum atomic E-state index is 12.4. The van der Waals surface area contributed by atoms with Crippen molar-refractivity contribution < 1.29 is 28.6 Å². The molecule has 0 unspecified atom stereocenters. The molecule has 178 valence electrons. The first-order valence-electron chi connectivity index (χ1n) is 10.6. The lowest BCUT2D eigenvalue weighted by molar-refractivity contribution is 0.0635. The van der Waals surface area contributed by atoms with Gasteiger partial charge in [0, 0.05) is 16.8 Å². The summed E-state index contributed by atoms with van der Waals surface area (Å²) < 4.78 is 16.1. The van der Waals surface area contributed by atoms with Gasteiger partial charge in [-0.1, -0.05) is 13.3 Å². The monoisotopic (exact) mass is 457 g/mol. The minimum Gasteiger partial charge on any atom is -0.493 e. The summed E-state index contributed by atoms with van der Waals surface area (Å²) in [4.78, 5) is 36.6. The molecule has 9 nitrogen and oxygen atoms in total. The molecular weight excluding hydrogens is 426 g/mol. The van der Waals surface area contributed by atoms with Gasteiger partial charge in [-0.3, -0.25) is 25.8 Å². The normalized spacial score (nSPS) is 10.7. The van der Waals surface area contributed by atoms with Crippen molar-refractivity contribution in [2.24, 2.45) is 0 Å². The molecule has 0 atom stereocenters. The molecule has 0 spiro atoms. The van der Waals surface area contributed by atoms with Gasteiger partial charge in [-0.15, -0.1) is 0 Å². The van der Waals surface area contributed by atoms with Crippen LogP contribution >= 0.6 is 0 Å². The highest BCUT2D eigenvalue weighted by atomic mass is 16.6. The molecule has 2 rings (SSSR count). The number of carbonyl (C=O) groups is 3. The lowest BCUT2D eigenvalue weighted by Gasteiger charge is -2.19. The molecule has 0 aromatic heterocycles. The number of hydrazine groups is 1. The molecule has 0 radical (unpaired) electrons. The number of benzene rings is 2. The number of anilines is 1. The Kier molecular flexibility index (Phi) is 9.08. The molecule has 9 heteroatoms. The number of amides is 3. The van der Waals surface area contributed by atoms with Crippen LogP contribution in [-0.2, 0) is 4.74 Å². The number of methoxy groups -OCH3 is 1. The second-order valence-corrected chi connectivity index (χ2v) is 8.18. The zero-order chi connectivity index (χ0) is 24.4. The third-order valence-corrected chi connectivity index (χ3v) is 4.26. The van der Waals surface area contributed by atoms with E-state index in [9.17, 15) is 14.4 Å². The number of hydrogen-bond acceptors (Lipinski definition) is 6. The minimum atomic E-state index is -0.617. The number of nitrogens with one attached hydrogen (secondary N) is 3. The van der Waals surface area contributed by atoms with Crippen LogP contribution in [-0.4, -0.2) is 37.2 Å². The van der Waals surface area contributed by atoms with Crippen LogP contribution in [0.2, 0.25) is 0 Å². The van der Waals surface area contributed by atoms with Crippen molar-refractivity contribution in [3.05, 3.63) is 53.6 Å². The molecule has 0 bridgehead atoms.